The Kier molecular flexibility index (Phi) is 5.19. The lowest BCUT2D eigenvalue weighted by Crippen LogP contribution is -2.28. The van der Waals surface area contributed by atoms with Crippen molar-refractivity contribution in [1.29, 1.82) is 0 Å². The van der Waals surface area contributed by atoms with Crippen LogP contribution in [0.15, 0.2) is 52.4 Å². The second-order valence-electron chi connectivity index (χ2n) is 5.82. The lowest BCUT2D eigenvalue weighted by molar-refractivity contribution is 0.0702. The van der Waals surface area contributed by atoms with Crippen LogP contribution in [0.2, 0.25) is 0 Å². The van der Waals surface area contributed by atoms with Gasteiger partial charge in [0, 0.05) is 24.4 Å². The van der Waals surface area contributed by atoms with Crippen LogP contribution in [-0.2, 0) is 6.42 Å². The first-order chi connectivity index (χ1) is 12.1. The first-order valence-corrected chi connectivity index (χ1v) is 8.85. The molecule has 130 valence electrons. The highest BCUT2D eigenvalue weighted by molar-refractivity contribution is 7.10. The number of benzene rings is 1. The summed E-state index contributed by atoms with van der Waals surface area (Å²) in [6.45, 7) is 2.00. The molecule has 0 spiro atoms. The van der Waals surface area contributed by atoms with E-state index in [1.54, 1.807) is 36.5 Å². The van der Waals surface area contributed by atoms with Gasteiger partial charge in [-0.1, -0.05) is 23.4 Å². The summed E-state index contributed by atoms with van der Waals surface area (Å²) in [5, 5.41) is 6.04. The number of thiophene rings is 1. The fourth-order valence-electron chi connectivity index (χ4n) is 2.56. The van der Waals surface area contributed by atoms with Gasteiger partial charge in [-0.15, -0.1) is 11.3 Å². The lowest BCUT2D eigenvalue weighted by atomic mass is 10.1. The van der Waals surface area contributed by atoms with Crippen LogP contribution in [0.25, 0.3) is 0 Å². The van der Waals surface area contributed by atoms with Crippen molar-refractivity contribution in [3.05, 3.63) is 69.7 Å². The van der Waals surface area contributed by atoms with Crippen LogP contribution >= 0.6 is 11.3 Å². The predicted molar refractivity (Wildman–Crippen MR) is 97.1 cm³/mol. The van der Waals surface area contributed by atoms with Gasteiger partial charge in [0.15, 0.2) is 0 Å². The summed E-state index contributed by atoms with van der Waals surface area (Å²) in [5.41, 5.74) is 1.76. The Morgan fingerprint density at radius 3 is 2.88 bits per heavy atom. The molecule has 0 N–H and O–H groups in total. The number of ether oxygens (including phenoxy) is 1. The minimum atomic E-state index is -0.176. The van der Waals surface area contributed by atoms with Gasteiger partial charge >= 0.3 is 0 Å². The molecule has 0 saturated carbocycles. The van der Waals surface area contributed by atoms with Crippen LogP contribution < -0.4 is 4.74 Å². The average Bonchev–Trinajstić information content (AvgIpc) is 3.32. The standard InChI is InChI=1S/C19H20N2O3S/c1-13(18-8-5-9-25-18)21(2)19(22)17-12-15(20-24-17)10-14-6-4-7-16(11-14)23-3/h4-9,11-13H,10H2,1-3H3. The van der Waals surface area contributed by atoms with Gasteiger partial charge in [-0.05, 0) is 36.1 Å². The smallest absolute Gasteiger partial charge is 0.292 e. The molecule has 0 fully saturated rings. The Morgan fingerprint density at radius 2 is 2.16 bits per heavy atom. The number of carbonyl (C=O) groups is 1. The summed E-state index contributed by atoms with van der Waals surface area (Å²) < 4.78 is 10.5. The molecule has 2 heterocycles. The highest BCUT2D eigenvalue weighted by atomic mass is 32.1. The molecular formula is C19H20N2O3S. The van der Waals surface area contributed by atoms with E-state index in [0.717, 1.165) is 16.2 Å². The molecule has 5 nitrogen and oxygen atoms in total. The fraction of sp³-hybridized carbons (Fsp3) is 0.263. The summed E-state index contributed by atoms with van der Waals surface area (Å²) in [4.78, 5) is 15.4. The maximum absolute atomic E-state index is 12.6. The van der Waals surface area contributed by atoms with E-state index >= 15 is 0 Å². The number of aromatic nitrogens is 1. The van der Waals surface area contributed by atoms with Gasteiger partial charge < -0.3 is 14.2 Å². The molecular weight excluding hydrogens is 336 g/mol. The Bertz CT molecular complexity index is 842. The summed E-state index contributed by atoms with van der Waals surface area (Å²) in [6.07, 6.45) is 0.582. The first-order valence-electron chi connectivity index (χ1n) is 7.97. The molecule has 3 aromatic rings. The molecule has 1 unspecified atom stereocenters. The highest BCUT2D eigenvalue weighted by Crippen LogP contribution is 2.25. The van der Waals surface area contributed by atoms with Gasteiger partial charge in [0.2, 0.25) is 5.76 Å². The van der Waals surface area contributed by atoms with Crippen molar-refractivity contribution in [2.45, 2.75) is 19.4 Å². The van der Waals surface area contributed by atoms with Crippen LogP contribution in [-0.4, -0.2) is 30.1 Å². The van der Waals surface area contributed by atoms with Gasteiger partial charge in [-0.25, -0.2) is 0 Å². The third kappa shape index (κ3) is 3.91. The zero-order valence-corrected chi connectivity index (χ0v) is 15.2. The largest absolute Gasteiger partial charge is 0.497 e. The molecule has 2 aromatic heterocycles. The molecule has 0 bridgehead atoms. The molecule has 6 heteroatoms. The van der Waals surface area contributed by atoms with Crippen LogP contribution in [0.1, 0.15) is 39.7 Å². The summed E-state index contributed by atoms with van der Waals surface area (Å²) >= 11 is 1.63. The third-order valence-electron chi connectivity index (χ3n) is 4.15. The minimum Gasteiger partial charge on any atom is -0.497 e. The lowest BCUT2D eigenvalue weighted by Gasteiger charge is -2.22. The number of rotatable bonds is 6. The van der Waals surface area contributed by atoms with E-state index in [2.05, 4.69) is 5.16 Å². The third-order valence-corrected chi connectivity index (χ3v) is 5.19. The van der Waals surface area contributed by atoms with Crippen molar-refractivity contribution < 1.29 is 14.1 Å². The Balaban J connectivity index is 1.70. The van der Waals surface area contributed by atoms with Crippen molar-refractivity contribution >= 4 is 17.2 Å². The van der Waals surface area contributed by atoms with E-state index in [1.165, 1.54) is 0 Å². The van der Waals surface area contributed by atoms with Crippen LogP contribution in [0.3, 0.4) is 0 Å². The topological polar surface area (TPSA) is 55.6 Å². The van der Waals surface area contributed by atoms with Gasteiger partial charge in [0.05, 0.1) is 18.8 Å². The van der Waals surface area contributed by atoms with E-state index in [1.807, 2.05) is 48.7 Å². The van der Waals surface area contributed by atoms with Crippen molar-refractivity contribution in [2.75, 3.05) is 14.2 Å². The SMILES string of the molecule is COc1cccc(Cc2cc(C(=O)N(C)C(C)c3cccs3)on2)c1. The number of hydrogen-bond donors (Lipinski definition) is 0. The van der Waals surface area contributed by atoms with E-state index in [9.17, 15) is 4.79 Å². The number of methoxy groups -OCH3 is 1. The summed E-state index contributed by atoms with van der Waals surface area (Å²) in [6, 6.07) is 13.5. The molecule has 0 aliphatic rings. The van der Waals surface area contributed by atoms with Crippen LogP contribution in [0, 0.1) is 0 Å². The van der Waals surface area contributed by atoms with Crippen LogP contribution in [0.4, 0.5) is 0 Å². The molecule has 0 radical (unpaired) electrons. The van der Waals surface area contributed by atoms with E-state index in [4.69, 9.17) is 9.26 Å². The van der Waals surface area contributed by atoms with Crippen molar-refractivity contribution in [1.82, 2.24) is 10.1 Å². The zero-order valence-electron chi connectivity index (χ0n) is 14.4. The Hall–Kier alpha value is -2.60. The summed E-state index contributed by atoms with van der Waals surface area (Å²) in [7, 11) is 3.41. The number of amides is 1. The van der Waals surface area contributed by atoms with Crippen LogP contribution in [0.5, 0.6) is 5.75 Å². The van der Waals surface area contributed by atoms with E-state index in [-0.39, 0.29) is 17.7 Å². The maximum atomic E-state index is 12.6. The molecule has 0 aliphatic carbocycles. The maximum Gasteiger partial charge on any atom is 0.292 e. The highest BCUT2D eigenvalue weighted by Gasteiger charge is 2.23. The van der Waals surface area contributed by atoms with Gasteiger partial charge in [-0.2, -0.15) is 0 Å². The quantitative estimate of drug-likeness (QED) is 0.665. The molecule has 3 rings (SSSR count). The number of hydrogen-bond acceptors (Lipinski definition) is 5. The van der Waals surface area contributed by atoms with Gasteiger partial charge in [0.25, 0.3) is 5.91 Å². The Labute approximate surface area is 150 Å². The first kappa shape index (κ1) is 17.2. The fourth-order valence-corrected chi connectivity index (χ4v) is 3.38. The molecule has 1 atom stereocenters. The number of carbonyl (C=O) groups excluding carboxylic acids is 1. The second kappa shape index (κ2) is 7.53. The molecule has 1 amide bonds. The van der Waals surface area contributed by atoms with Crippen molar-refractivity contribution in [3.63, 3.8) is 0 Å². The van der Waals surface area contributed by atoms with E-state index < -0.39 is 0 Å². The zero-order chi connectivity index (χ0) is 17.8. The van der Waals surface area contributed by atoms with Crippen molar-refractivity contribution in [3.8, 4) is 5.75 Å². The normalized spacial score (nSPS) is 12.0. The molecule has 0 aliphatic heterocycles. The van der Waals surface area contributed by atoms with Crippen molar-refractivity contribution in [2.24, 2.45) is 0 Å². The minimum absolute atomic E-state index is 0.0144. The second-order valence-corrected chi connectivity index (χ2v) is 6.80. The summed E-state index contributed by atoms with van der Waals surface area (Å²) in [5.74, 6) is 0.871. The molecule has 25 heavy (non-hydrogen) atoms. The van der Waals surface area contributed by atoms with E-state index in [0.29, 0.717) is 12.1 Å². The molecule has 1 aromatic carbocycles. The van der Waals surface area contributed by atoms with Gasteiger partial charge in [-0.3, -0.25) is 4.79 Å². The average molecular weight is 356 g/mol. The van der Waals surface area contributed by atoms with Gasteiger partial charge in [0.1, 0.15) is 5.75 Å². The monoisotopic (exact) mass is 356 g/mol. The number of nitrogens with zero attached hydrogens (tertiary/aromatic N) is 2. The Morgan fingerprint density at radius 1 is 1.32 bits per heavy atom. The molecule has 0 saturated heterocycles. The predicted octanol–water partition coefficient (Wildman–Crippen LogP) is 4.17.